The van der Waals surface area contributed by atoms with Gasteiger partial charge in [0.2, 0.25) is 5.76 Å². The van der Waals surface area contributed by atoms with Crippen molar-refractivity contribution in [2.24, 2.45) is 0 Å². The molecule has 0 spiro atoms. The lowest BCUT2D eigenvalue weighted by Crippen LogP contribution is -2.34. The van der Waals surface area contributed by atoms with Crippen LogP contribution in [-0.2, 0) is 11.3 Å². The van der Waals surface area contributed by atoms with E-state index >= 15 is 0 Å². The molecule has 0 bridgehead atoms. The minimum absolute atomic E-state index is 0.00370. The van der Waals surface area contributed by atoms with Crippen molar-refractivity contribution in [3.05, 3.63) is 22.1 Å². The second kappa shape index (κ2) is 3.07. The van der Waals surface area contributed by atoms with E-state index in [-0.39, 0.29) is 18.4 Å². The predicted octanol–water partition coefficient (Wildman–Crippen LogP) is 0.216. The van der Waals surface area contributed by atoms with Crippen LogP contribution in [0.15, 0.2) is 12.0 Å². The van der Waals surface area contributed by atoms with Crippen LogP contribution in [0, 0.1) is 10.1 Å². The number of fused-ring (bicyclic) bond motifs is 1. The molecule has 2 heterocycles. The first kappa shape index (κ1) is 10.2. The van der Waals surface area contributed by atoms with Crippen molar-refractivity contribution in [3.8, 4) is 6.01 Å². The molecule has 1 atom stereocenters. The third-order valence-electron chi connectivity index (χ3n) is 2.30. The second-order valence-electron chi connectivity index (χ2n) is 3.55. The van der Waals surface area contributed by atoms with Gasteiger partial charge in [0.05, 0.1) is 6.54 Å². The summed E-state index contributed by atoms with van der Waals surface area (Å²) in [6.45, 7) is 1.54. The second-order valence-corrected chi connectivity index (χ2v) is 3.55. The molecule has 0 saturated heterocycles. The molecule has 1 aromatic rings. The zero-order valence-electron chi connectivity index (χ0n) is 8.21. The molecule has 0 radical (unpaired) electrons. The van der Waals surface area contributed by atoms with E-state index < -0.39 is 16.3 Å². The molecule has 0 fully saturated rings. The quantitative estimate of drug-likeness (QED) is 0.333. The van der Waals surface area contributed by atoms with Gasteiger partial charge in [0, 0.05) is 4.98 Å². The zero-order valence-corrected chi connectivity index (χ0v) is 8.21. The summed E-state index contributed by atoms with van der Waals surface area (Å²) < 4.78 is 6.53. The Morgan fingerprint density at radius 3 is 3.06 bits per heavy atom. The van der Waals surface area contributed by atoms with Gasteiger partial charge in [0.25, 0.3) is 0 Å². The first-order valence-corrected chi connectivity index (χ1v) is 4.31. The Labute approximate surface area is 88.9 Å². The molecule has 0 saturated carbocycles. The third-order valence-corrected chi connectivity index (χ3v) is 2.30. The fourth-order valence-electron chi connectivity index (χ4n) is 1.46. The van der Waals surface area contributed by atoms with Crippen LogP contribution in [0.3, 0.4) is 0 Å². The number of ether oxygens (including phenoxy) is 1. The lowest BCUT2D eigenvalue weighted by molar-refractivity contribution is -0.389. The number of nitrogens with zero attached hydrogens (tertiary/aromatic N) is 3. The fourth-order valence-corrected chi connectivity index (χ4v) is 1.46. The fraction of sp³-hybridized carbons (Fsp3) is 0.375. The molecular weight excluding hydrogens is 218 g/mol. The Hall–Kier alpha value is -2.34. The summed E-state index contributed by atoms with van der Waals surface area (Å²) in [5, 5.41) is 19.7. The van der Waals surface area contributed by atoms with Crippen molar-refractivity contribution in [2.45, 2.75) is 19.1 Å². The van der Waals surface area contributed by atoms with Gasteiger partial charge < -0.3 is 20.0 Å². The Morgan fingerprint density at radius 2 is 2.56 bits per heavy atom. The molecule has 1 aliphatic heterocycles. The molecule has 8 nitrogen and oxygen atoms in total. The number of hydrogen-bond donors (Lipinski definition) is 1. The summed E-state index contributed by atoms with van der Waals surface area (Å²) in [4.78, 5) is 23.7. The molecule has 1 aliphatic rings. The van der Waals surface area contributed by atoms with Crippen molar-refractivity contribution in [1.29, 1.82) is 0 Å². The average molecular weight is 225 g/mol. The number of rotatable bonds is 2. The third kappa shape index (κ3) is 1.32. The summed E-state index contributed by atoms with van der Waals surface area (Å²) in [5.74, 6) is 0.394. The maximum Gasteiger partial charge on any atom is 0.415 e. The molecule has 0 amide bonds. The van der Waals surface area contributed by atoms with Crippen LogP contribution < -0.4 is 4.74 Å². The van der Waals surface area contributed by atoms with Crippen LogP contribution >= 0.6 is 0 Å². The monoisotopic (exact) mass is 225 g/mol. The van der Waals surface area contributed by atoms with Gasteiger partial charge in [-0.3, -0.25) is 4.57 Å². The van der Waals surface area contributed by atoms with E-state index in [1.807, 2.05) is 0 Å². The molecular formula is C8H7N3O5. The summed E-state index contributed by atoms with van der Waals surface area (Å²) in [7, 11) is 0. The topological polar surface area (TPSA) is 107 Å². The van der Waals surface area contributed by atoms with Gasteiger partial charge in [-0.15, -0.1) is 0 Å². The molecule has 1 aromatic heterocycles. The molecule has 84 valence electrons. The molecule has 1 N–H and O–H groups in total. The van der Waals surface area contributed by atoms with Crippen LogP contribution in [-0.4, -0.2) is 31.1 Å². The molecule has 1 unspecified atom stereocenters. The van der Waals surface area contributed by atoms with E-state index in [1.54, 1.807) is 0 Å². The molecule has 2 rings (SSSR count). The highest BCUT2D eigenvalue weighted by Gasteiger charge is 2.44. The Balaban J connectivity index is 2.33. The van der Waals surface area contributed by atoms with E-state index in [9.17, 15) is 20.0 Å². The lowest BCUT2D eigenvalue weighted by Gasteiger charge is -2.17. The molecule has 0 aromatic carbocycles. The highest BCUT2D eigenvalue weighted by atomic mass is 16.6. The predicted molar refractivity (Wildman–Crippen MR) is 49.7 cm³/mol. The van der Waals surface area contributed by atoms with Gasteiger partial charge in [0.1, 0.15) is 6.20 Å². The number of hydrogen-bond acceptors (Lipinski definition) is 6. The number of aliphatic hydroxyl groups is 1. The van der Waals surface area contributed by atoms with Crippen LogP contribution in [0.25, 0.3) is 0 Å². The van der Waals surface area contributed by atoms with E-state index in [1.165, 1.54) is 23.6 Å². The maximum absolute atomic E-state index is 10.4. The van der Waals surface area contributed by atoms with Crippen molar-refractivity contribution in [3.63, 3.8) is 0 Å². The normalized spacial score (nSPS) is 22.1. The van der Waals surface area contributed by atoms with Crippen molar-refractivity contribution in [1.82, 2.24) is 9.55 Å². The molecule has 8 heteroatoms. The summed E-state index contributed by atoms with van der Waals surface area (Å²) in [6.07, 6.45) is 1.18. The summed E-state index contributed by atoms with van der Waals surface area (Å²) in [6, 6.07) is -0.00370. The van der Waals surface area contributed by atoms with E-state index in [2.05, 4.69) is 4.98 Å². The van der Waals surface area contributed by atoms with Crippen molar-refractivity contribution >= 4 is 11.8 Å². The van der Waals surface area contributed by atoms with Crippen LogP contribution in [0.5, 0.6) is 6.01 Å². The van der Waals surface area contributed by atoms with Gasteiger partial charge in [-0.05, 0) is 11.8 Å². The molecule has 0 aliphatic carbocycles. The van der Waals surface area contributed by atoms with E-state index in [0.29, 0.717) is 0 Å². The number of aromatic nitrogens is 2. The highest BCUT2D eigenvalue weighted by molar-refractivity contribution is 5.53. The van der Waals surface area contributed by atoms with Crippen LogP contribution in [0.1, 0.15) is 6.92 Å². The first-order valence-electron chi connectivity index (χ1n) is 4.31. The van der Waals surface area contributed by atoms with Gasteiger partial charge in [-0.25, -0.2) is 4.79 Å². The van der Waals surface area contributed by atoms with E-state index in [4.69, 9.17) is 4.74 Å². The minimum atomic E-state index is -1.25. The standard InChI is InChI=1S/C8H7N3O5/c1-8(5(13)3-12)4-10-2-6(11(14)15)9-7(10)16-8/h2,13H,4H2,1H3. The van der Waals surface area contributed by atoms with E-state index in [0.717, 1.165) is 0 Å². The van der Waals surface area contributed by atoms with Crippen LogP contribution in [0.2, 0.25) is 0 Å². The zero-order chi connectivity index (χ0) is 11.9. The number of nitro groups is 1. The SMILES string of the molecule is CC1(C(O)=C=O)Cn2cc([N+](=O)[O-])nc2O1. The Morgan fingerprint density at radius 1 is 1.88 bits per heavy atom. The Bertz CT molecular complexity index is 490. The van der Waals surface area contributed by atoms with Crippen LogP contribution in [0.4, 0.5) is 5.82 Å². The summed E-state index contributed by atoms with van der Waals surface area (Å²) >= 11 is 0. The number of aliphatic hydroxyl groups excluding tert-OH is 1. The highest BCUT2D eigenvalue weighted by Crippen LogP contribution is 2.33. The maximum atomic E-state index is 10.4. The van der Waals surface area contributed by atoms with Crippen molar-refractivity contribution < 1.29 is 19.6 Å². The summed E-state index contributed by atoms with van der Waals surface area (Å²) in [5.41, 5.74) is -1.25. The molecule has 16 heavy (non-hydrogen) atoms. The largest absolute Gasteiger partial charge is 0.499 e. The smallest absolute Gasteiger partial charge is 0.415 e. The number of carbonyl (C=O) groups excluding carboxylic acids is 1. The minimum Gasteiger partial charge on any atom is -0.499 e. The number of imidazole rings is 1. The van der Waals surface area contributed by atoms with Gasteiger partial charge in [-0.1, -0.05) is 0 Å². The van der Waals surface area contributed by atoms with Crippen molar-refractivity contribution in [2.75, 3.05) is 0 Å². The first-order chi connectivity index (χ1) is 7.46. The van der Waals surface area contributed by atoms with Gasteiger partial charge >= 0.3 is 11.8 Å². The van der Waals surface area contributed by atoms with Gasteiger partial charge in [0.15, 0.2) is 11.5 Å². The average Bonchev–Trinajstić information content (AvgIpc) is 2.71. The van der Waals surface area contributed by atoms with Gasteiger partial charge in [-0.2, -0.15) is 0 Å². The lowest BCUT2D eigenvalue weighted by atomic mass is 10.1. The Kier molecular flexibility index (Phi) is 1.96.